The molecule has 2 aliphatic rings. The maximum absolute atomic E-state index is 11.0. The first-order chi connectivity index (χ1) is 12.8. The summed E-state index contributed by atoms with van der Waals surface area (Å²) in [4.78, 5) is 4.48. The van der Waals surface area contributed by atoms with Gasteiger partial charge in [-0.15, -0.1) is 0 Å². The number of aliphatic hydroxyl groups excluding tert-OH is 1. The van der Waals surface area contributed by atoms with Gasteiger partial charge in [-0.3, -0.25) is 0 Å². The quantitative estimate of drug-likeness (QED) is 0.582. The van der Waals surface area contributed by atoms with Crippen LogP contribution in [0.5, 0.6) is 5.75 Å². The van der Waals surface area contributed by atoms with E-state index in [-0.39, 0.29) is 6.04 Å². The van der Waals surface area contributed by atoms with Crippen molar-refractivity contribution >= 4 is 22.5 Å². The number of benzene rings is 1. The monoisotopic (exact) mass is 386 g/mol. The van der Waals surface area contributed by atoms with Crippen LogP contribution in [0.3, 0.4) is 0 Å². The van der Waals surface area contributed by atoms with Crippen LogP contribution in [0.4, 0.5) is 0 Å². The number of halogens is 1. The molecule has 0 radical (unpaired) electrons. The Morgan fingerprint density at radius 2 is 2.15 bits per heavy atom. The maximum Gasteiger partial charge on any atom is 0.131 e. The molecule has 4 rings (SSSR count). The third kappa shape index (κ3) is 3.58. The molecule has 27 heavy (non-hydrogen) atoms. The normalized spacial score (nSPS) is 23.8. The lowest BCUT2D eigenvalue weighted by Crippen LogP contribution is -2.52. The topological polar surface area (TPSA) is 54.4 Å². The molecule has 144 valence electrons. The van der Waals surface area contributed by atoms with Crippen molar-refractivity contribution in [1.29, 1.82) is 0 Å². The van der Waals surface area contributed by atoms with E-state index in [0.29, 0.717) is 5.15 Å². The van der Waals surface area contributed by atoms with Crippen LogP contribution in [0, 0.1) is 6.92 Å². The fourth-order valence-electron chi connectivity index (χ4n) is 4.22. The summed E-state index contributed by atoms with van der Waals surface area (Å²) in [5.41, 5.74) is 3.70. The van der Waals surface area contributed by atoms with Crippen LogP contribution in [-0.2, 0) is 0 Å². The molecule has 2 heterocycles. The zero-order chi connectivity index (χ0) is 19.2. The van der Waals surface area contributed by atoms with E-state index in [1.807, 2.05) is 39.0 Å². The number of hydrogen-bond acceptors (Lipinski definition) is 4. The third-order valence-electron chi connectivity index (χ3n) is 5.80. The highest BCUT2D eigenvalue weighted by molar-refractivity contribution is 6.29. The Morgan fingerprint density at radius 1 is 1.33 bits per heavy atom. The summed E-state index contributed by atoms with van der Waals surface area (Å²) in [6.45, 7) is 6.73. The summed E-state index contributed by atoms with van der Waals surface area (Å²) in [7, 11) is 0. The molecule has 0 amide bonds. The van der Waals surface area contributed by atoms with Crippen molar-refractivity contribution in [2.24, 2.45) is 0 Å². The molecule has 5 heteroatoms. The predicted molar refractivity (Wildman–Crippen MR) is 109 cm³/mol. The van der Waals surface area contributed by atoms with E-state index >= 15 is 0 Å². The van der Waals surface area contributed by atoms with Gasteiger partial charge < -0.3 is 15.2 Å². The summed E-state index contributed by atoms with van der Waals surface area (Å²) in [6.07, 6.45) is 6.39. The minimum Gasteiger partial charge on any atom is -0.485 e. The number of hydrogen-bond donors (Lipinski definition) is 2. The first-order valence-corrected chi connectivity index (χ1v) is 10.1. The summed E-state index contributed by atoms with van der Waals surface area (Å²) >= 11 is 6.16. The number of rotatable bonds is 4. The molecular weight excluding hydrogens is 360 g/mol. The van der Waals surface area contributed by atoms with E-state index in [4.69, 9.17) is 16.3 Å². The van der Waals surface area contributed by atoms with Gasteiger partial charge in [0.15, 0.2) is 0 Å². The lowest BCUT2D eigenvalue weighted by atomic mass is 9.85. The molecule has 2 atom stereocenters. The van der Waals surface area contributed by atoms with Crippen LogP contribution in [-0.4, -0.2) is 28.3 Å². The second kappa shape index (κ2) is 7.08. The van der Waals surface area contributed by atoms with Crippen LogP contribution >= 0.6 is 11.6 Å². The SMILES string of the molecule is Cc1cc(Cl)nc2cc3c(cc12)OC(C)(C)[C@H](O)[C@H]3NCCC1=CCCC1. The van der Waals surface area contributed by atoms with Gasteiger partial charge >= 0.3 is 0 Å². The minimum absolute atomic E-state index is 0.198. The van der Waals surface area contributed by atoms with Crippen LogP contribution < -0.4 is 10.1 Å². The highest BCUT2D eigenvalue weighted by Crippen LogP contribution is 2.42. The summed E-state index contributed by atoms with van der Waals surface area (Å²) in [5.74, 6) is 0.808. The largest absolute Gasteiger partial charge is 0.485 e. The third-order valence-corrected chi connectivity index (χ3v) is 5.99. The van der Waals surface area contributed by atoms with Gasteiger partial charge in [0.2, 0.25) is 0 Å². The summed E-state index contributed by atoms with van der Waals surface area (Å²) in [6, 6.07) is 5.71. The molecule has 0 fully saturated rings. The van der Waals surface area contributed by atoms with Gasteiger partial charge in [-0.25, -0.2) is 4.98 Å². The molecule has 1 aromatic heterocycles. The lowest BCUT2D eigenvalue weighted by molar-refractivity contribution is -0.0642. The van der Waals surface area contributed by atoms with E-state index in [0.717, 1.165) is 40.7 Å². The average Bonchev–Trinajstić information content (AvgIpc) is 3.11. The molecule has 1 aliphatic carbocycles. The van der Waals surface area contributed by atoms with Gasteiger partial charge in [-0.2, -0.15) is 0 Å². The van der Waals surface area contributed by atoms with Gasteiger partial charge in [0.1, 0.15) is 22.6 Å². The van der Waals surface area contributed by atoms with Crippen molar-refractivity contribution in [3.05, 3.63) is 46.1 Å². The molecule has 4 nitrogen and oxygen atoms in total. The fraction of sp³-hybridized carbons (Fsp3) is 0.500. The van der Waals surface area contributed by atoms with E-state index in [2.05, 4.69) is 16.4 Å². The molecule has 0 bridgehead atoms. The first kappa shape index (κ1) is 18.7. The number of pyridine rings is 1. The number of allylic oxidation sites excluding steroid dienone is 1. The van der Waals surface area contributed by atoms with Crippen LogP contribution in [0.15, 0.2) is 29.8 Å². The van der Waals surface area contributed by atoms with Crippen LogP contribution in [0.2, 0.25) is 5.15 Å². The smallest absolute Gasteiger partial charge is 0.131 e. The Morgan fingerprint density at radius 3 is 2.89 bits per heavy atom. The van der Waals surface area contributed by atoms with Crippen molar-refractivity contribution in [2.45, 2.75) is 64.2 Å². The molecule has 0 saturated heterocycles. The molecule has 2 N–H and O–H groups in total. The van der Waals surface area contributed by atoms with Crippen LogP contribution in [0.1, 0.15) is 56.7 Å². The molecule has 2 aromatic rings. The number of ether oxygens (including phenoxy) is 1. The molecule has 1 aliphatic heterocycles. The molecular formula is C22H27ClN2O2. The second-order valence-corrected chi connectivity index (χ2v) is 8.64. The molecule has 0 unspecified atom stereocenters. The number of fused-ring (bicyclic) bond motifs is 2. The van der Waals surface area contributed by atoms with E-state index < -0.39 is 11.7 Å². The standard InChI is InChI=1S/C22H27ClN2O2/c1-13-10-19(23)25-17-11-16-18(12-15(13)17)27-22(2,3)21(26)20(16)24-9-8-14-6-4-5-7-14/h6,10-12,20-21,24,26H,4-5,7-9H2,1-3H3/t20-,21+/m0/s1. The predicted octanol–water partition coefficient (Wildman–Crippen LogP) is 4.86. The Balaban J connectivity index is 1.69. The average molecular weight is 387 g/mol. The van der Waals surface area contributed by atoms with E-state index in [9.17, 15) is 5.11 Å². The first-order valence-electron chi connectivity index (χ1n) is 9.74. The highest BCUT2D eigenvalue weighted by Gasteiger charge is 2.42. The van der Waals surface area contributed by atoms with Gasteiger partial charge in [-0.05, 0) is 76.8 Å². The Labute approximate surface area is 165 Å². The highest BCUT2D eigenvalue weighted by atomic mass is 35.5. The van der Waals surface area contributed by atoms with Crippen molar-refractivity contribution < 1.29 is 9.84 Å². The zero-order valence-corrected chi connectivity index (χ0v) is 16.9. The Bertz CT molecular complexity index is 907. The molecule has 0 saturated carbocycles. The van der Waals surface area contributed by atoms with Gasteiger partial charge in [0.25, 0.3) is 0 Å². The van der Waals surface area contributed by atoms with Gasteiger partial charge in [0.05, 0.1) is 11.6 Å². The van der Waals surface area contributed by atoms with Gasteiger partial charge in [0, 0.05) is 10.9 Å². The maximum atomic E-state index is 11.0. The fourth-order valence-corrected chi connectivity index (χ4v) is 4.47. The number of nitrogens with one attached hydrogen (secondary N) is 1. The lowest BCUT2D eigenvalue weighted by Gasteiger charge is -2.42. The summed E-state index contributed by atoms with van der Waals surface area (Å²) in [5, 5.41) is 16.1. The molecule has 0 spiro atoms. The Kier molecular flexibility index (Phi) is 4.91. The number of aryl methyl sites for hydroxylation is 1. The number of aliphatic hydroxyl groups is 1. The van der Waals surface area contributed by atoms with Crippen LogP contribution in [0.25, 0.3) is 10.9 Å². The number of nitrogens with zero attached hydrogens (tertiary/aromatic N) is 1. The Hall–Kier alpha value is -1.62. The second-order valence-electron chi connectivity index (χ2n) is 8.26. The minimum atomic E-state index is -0.668. The van der Waals surface area contributed by atoms with Crippen molar-refractivity contribution in [3.8, 4) is 5.75 Å². The van der Waals surface area contributed by atoms with Gasteiger partial charge in [-0.1, -0.05) is 23.3 Å². The summed E-state index contributed by atoms with van der Waals surface area (Å²) < 4.78 is 6.17. The van der Waals surface area contributed by atoms with E-state index in [1.165, 1.54) is 24.8 Å². The van der Waals surface area contributed by atoms with E-state index in [1.54, 1.807) is 0 Å². The zero-order valence-electron chi connectivity index (χ0n) is 16.2. The number of aromatic nitrogens is 1. The molecule has 1 aromatic carbocycles. The van der Waals surface area contributed by atoms with Crippen molar-refractivity contribution in [2.75, 3.05) is 6.54 Å². The van der Waals surface area contributed by atoms with Crippen molar-refractivity contribution in [3.63, 3.8) is 0 Å². The van der Waals surface area contributed by atoms with Crippen molar-refractivity contribution in [1.82, 2.24) is 10.3 Å².